The standard InChI is InChI=1S/C17H19FN2O2/c1-11-4-3-5-12(2)16(11)20-17(22)19-10-15(21)13-6-8-14(18)9-7-13/h3-9,15,21H,10H2,1-2H3,(H2,19,20,22)/t15-/m1/s1. The summed E-state index contributed by atoms with van der Waals surface area (Å²) in [7, 11) is 0. The molecule has 22 heavy (non-hydrogen) atoms. The number of carbonyl (C=O) groups is 1. The molecule has 0 saturated carbocycles. The van der Waals surface area contributed by atoms with Gasteiger partial charge in [-0.3, -0.25) is 0 Å². The van der Waals surface area contributed by atoms with Crippen molar-refractivity contribution >= 4 is 11.7 Å². The number of rotatable bonds is 4. The third kappa shape index (κ3) is 4.05. The Labute approximate surface area is 129 Å². The molecule has 0 aliphatic rings. The van der Waals surface area contributed by atoms with Gasteiger partial charge in [0.15, 0.2) is 0 Å². The lowest BCUT2D eigenvalue weighted by molar-refractivity contribution is 0.175. The first-order valence-corrected chi connectivity index (χ1v) is 7.02. The molecule has 0 radical (unpaired) electrons. The molecule has 2 aromatic carbocycles. The maximum atomic E-state index is 12.8. The van der Waals surface area contributed by atoms with Gasteiger partial charge in [-0.25, -0.2) is 9.18 Å². The summed E-state index contributed by atoms with van der Waals surface area (Å²) in [5.74, 6) is -0.364. The zero-order chi connectivity index (χ0) is 16.1. The maximum absolute atomic E-state index is 12.8. The Hall–Kier alpha value is -2.40. The molecule has 116 valence electrons. The zero-order valence-electron chi connectivity index (χ0n) is 12.6. The molecule has 0 bridgehead atoms. The topological polar surface area (TPSA) is 61.4 Å². The van der Waals surface area contributed by atoms with Crippen molar-refractivity contribution in [1.29, 1.82) is 0 Å². The van der Waals surface area contributed by atoms with Crippen LogP contribution in [0.25, 0.3) is 0 Å². The van der Waals surface area contributed by atoms with E-state index < -0.39 is 12.1 Å². The van der Waals surface area contributed by atoms with Gasteiger partial charge in [0.2, 0.25) is 0 Å². The number of aliphatic hydroxyl groups excluding tert-OH is 1. The molecule has 2 rings (SSSR count). The summed E-state index contributed by atoms with van der Waals surface area (Å²) < 4.78 is 12.8. The summed E-state index contributed by atoms with van der Waals surface area (Å²) in [6, 6.07) is 10.9. The number of aryl methyl sites for hydroxylation is 2. The van der Waals surface area contributed by atoms with Crippen molar-refractivity contribution in [3.8, 4) is 0 Å². The summed E-state index contributed by atoms with van der Waals surface area (Å²) >= 11 is 0. The van der Waals surface area contributed by atoms with E-state index in [1.54, 1.807) is 0 Å². The highest BCUT2D eigenvalue weighted by Gasteiger charge is 2.11. The van der Waals surface area contributed by atoms with Gasteiger partial charge in [0.25, 0.3) is 0 Å². The fourth-order valence-electron chi connectivity index (χ4n) is 2.16. The van der Waals surface area contributed by atoms with Crippen molar-refractivity contribution in [1.82, 2.24) is 5.32 Å². The number of para-hydroxylation sites is 1. The summed E-state index contributed by atoms with van der Waals surface area (Å²) in [6.07, 6.45) is -0.885. The van der Waals surface area contributed by atoms with Gasteiger partial charge in [-0.05, 0) is 42.7 Å². The molecule has 5 heteroatoms. The van der Waals surface area contributed by atoms with Crippen LogP contribution in [0, 0.1) is 19.7 Å². The molecule has 3 N–H and O–H groups in total. The predicted octanol–water partition coefficient (Wildman–Crippen LogP) is 3.30. The Morgan fingerprint density at radius 1 is 1.14 bits per heavy atom. The molecule has 0 aliphatic carbocycles. The van der Waals surface area contributed by atoms with Crippen molar-refractivity contribution in [2.24, 2.45) is 0 Å². The number of hydrogen-bond acceptors (Lipinski definition) is 2. The van der Waals surface area contributed by atoms with Crippen LogP contribution >= 0.6 is 0 Å². The number of hydrogen-bond donors (Lipinski definition) is 3. The summed E-state index contributed by atoms with van der Waals surface area (Å²) in [4.78, 5) is 11.9. The first-order valence-electron chi connectivity index (χ1n) is 7.02. The number of aliphatic hydroxyl groups is 1. The second-order valence-electron chi connectivity index (χ2n) is 5.17. The first kappa shape index (κ1) is 16.0. The molecule has 0 aliphatic heterocycles. The summed E-state index contributed by atoms with van der Waals surface area (Å²) in [5, 5.41) is 15.3. The molecule has 2 aromatic rings. The predicted molar refractivity (Wildman–Crippen MR) is 84.3 cm³/mol. The molecule has 1 atom stereocenters. The highest BCUT2D eigenvalue weighted by molar-refractivity contribution is 5.90. The van der Waals surface area contributed by atoms with Crippen LogP contribution in [0.5, 0.6) is 0 Å². The van der Waals surface area contributed by atoms with E-state index in [4.69, 9.17) is 0 Å². The Balaban J connectivity index is 1.91. The third-order valence-corrected chi connectivity index (χ3v) is 3.43. The number of halogens is 1. The number of nitrogens with one attached hydrogen (secondary N) is 2. The minimum Gasteiger partial charge on any atom is -0.387 e. The minimum atomic E-state index is -0.885. The van der Waals surface area contributed by atoms with Crippen LogP contribution in [0.3, 0.4) is 0 Å². The number of urea groups is 1. The average Bonchev–Trinajstić information content (AvgIpc) is 2.49. The van der Waals surface area contributed by atoms with Crippen LogP contribution in [-0.2, 0) is 0 Å². The lowest BCUT2D eigenvalue weighted by Gasteiger charge is -2.15. The fraction of sp³-hybridized carbons (Fsp3) is 0.235. The van der Waals surface area contributed by atoms with Gasteiger partial charge in [-0.2, -0.15) is 0 Å². The highest BCUT2D eigenvalue weighted by atomic mass is 19.1. The smallest absolute Gasteiger partial charge is 0.319 e. The zero-order valence-corrected chi connectivity index (χ0v) is 12.6. The average molecular weight is 302 g/mol. The van der Waals surface area contributed by atoms with Gasteiger partial charge < -0.3 is 15.7 Å². The van der Waals surface area contributed by atoms with Gasteiger partial charge in [0.1, 0.15) is 5.82 Å². The first-order chi connectivity index (χ1) is 10.5. The van der Waals surface area contributed by atoms with Crippen molar-refractivity contribution < 1.29 is 14.3 Å². The maximum Gasteiger partial charge on any atom is 0.319 e. The second-order valence-corrected chi connectivity index (χ2v) is 5.17. The van der Waals surface area contributed by atoms with E-state index in [0.717, 1.165) is 16.8 Å². The van der Waals surface area contributed by atoms with Crippen molar-refractivity contribution in [3.63, 3.8) is 0 Å². The van der Waals surface area contributed by atoms with Gasteiger partial charge >= 0.3 is 6.03 Å². The van der Waals surface area contributed by atoms with Gasteiger partial charge in [0, 0.05) is 12.2 Å². The molecule has 0 fully saturated rings. The van der Waals surface area contributed by atoms with Crippen molar-refractivity contribution in [2.45, 2.75) is 20.0 Å². The lowest BCUT2D eigenvalue weighted by atomic mass is 10.1. The molecule has 0 spiro atoms. The Morgan fingerprint density at radius 2 is 1.73 bits per heavy atom. The molecular weight excluding hydrogens is 283 g/mol. The third-order valence-electron chi connectivity index (χ3n) is 3.43. The monoisotopic (exact) mass is 302 g/mol. The molecule has 2 amide bonds. The minimum absolute atomic E-state index is 0.0440. The van der Waals surface area contributed by atoms with Crippen LogP contribution in [0.2, 0.25) is 0 Å². The van der Waals surface area contributed by atoms with Crippen molar-refractivity contribution in [3.05, 3.63) is 65.0 Å². The van der Waals surface area contributed by atoms with E-state index in [1.165, 1.54) is 24.3 Å². The Bertz CT molecular complexity index is 636. The van der Waals surface area contributed by atoms with E-state index in [1.807, 2.05) is 32.0 Å². The Morgan fingerprint density at radius 3 is 2.32 bits per heavy atom. The van der Waals surface area contributed by atoms with Crippen molar-refractivity contribution in [2.75, 3.05) is 11.9 Å². The van der Waals surface area contributed by atoms with Crippen LogP contribution in [0.4, 0.5) is 14.9 Å². The summed E-state index contributed by atoms with van der Waals surface area (Å²) in [6.45, 7) is 3.87. The molecular formula is C17H19FN2O2. The lowest BCUT2D eigenvalue weighted by Crippen LogP contribution is -2.32. The number of amides is 2. The Kier molecular flexibility index (Phi) is 5.12. The largest absolute Gasteiger partial charge is 0.387 e. The van der Waals surface area contributed by atoms with E-state index >= 15 is 0 Å². The number of carbonyl (C=O) groups excluding carboxylic acids is 1. The van der Waals surface area contributed by atoms with Gasteiger partial charge in [0.05, 0.1) is 6.10 Å². The van der Waals surface area contributed by atoms with E-state index in [2.05, 4.69) is 10.6 Å². The SMILES string of the molecule is Cc1cccc(C)c1NC(=O)NC[C@@H](O)c1ccc(F)cc1. The van der Waals surface area contributed by atoms with E-state index in [-0.39, 0.29) is 12.4 Å². The van der Waals surface area contributed by atoms with Gasteiger partial charge in [-0.15, -0.1) is 0 Å². The van der Waals surface area contributed by atoms with Crippen LogP contribution in [-0.4, -0.2) is 17.7 Å². The van der Waals surface area contributed by atoms with Crippen LogP contribution < -0.4 is 10.6 Å². The second kappa shape index (κ2) is 7.04. The molecule has 0 unspecified atom stereocenters. The summed E-state index contributed by atoms with van der Waals surface area (Å²) in [5.41, 5.74) is 3.24. The fourth-order valence-corrected chi connectivity index (χ4v) is 2.16. The molecule has 0 aromatic heterocycles. The van der Waals surface area contributed by atoms with Crippen LogP contribution in [0.15, 0.2) is 42.5 Å². The molecule has 4 nitrogen and oxygen atoms in total. The highest BCUT2D eigenvalue weighted by Crippen LogP contribution is 2.19. The molecule has 0 saturated heterocycles. The van der Waals surface area contributed by atoms with Gasteiger partial charge in [-0.1, -0.05) is 30.3 Å². The number of anilines is 1. The van der Waals surface area contributed by atoms with E-state index in [0.29, 0.717) is 5.56 Å². The quantitative estimate of drug-likeness (QED) is 0.811. The van der Waals surface area contributed by atoms with Crippen LogP contribution in [0.1, 0.15) is 22.8 Å². The normalized spacial score (nSPS) is 11.8. The molecule has 0 heterocycles. The van der Waals surface area contributed by atoms with E-state index in [9.17, 15) is 14.3 Å². The number of benzene rings is 2.